The van der Waals surface area contributed by atoms with Crippen molar-refractivity contribution in [1.29, 1.82) is 0 Å². The molecule has 0 fully saturated rings. The monoisotopic (exact) mass is 552 g/mol. The predicted octanol–water partition coefficient (Wildman–Crippen LogP) is 9.10. The lowest BCUT2D eigenvalue weighted by atomic mass is 9.99. The summed E-state index contributed by atoms with van der Waals surface area (Å²) in [6, 6.07) is 15.3. The standard InChI is InChI=1S/C33H42F2N2O3/c1-4-6-8-9-10-11-21-33(3,35)32(38)40-30-22-36-31(37-23-30)27-15-13-25(14-16-27)26-17-19-29(20-18-26)39-24-28(34)12-7-5-2/h13-20,22-23,28H,4-12,21,24H2,1-3H3/t28-,33-/m0/s1. The van der Waals surface area contributed by atoms with Crippen molar-refractivity contribution in [3.8, 4) is 34.0 Å². The van der Waals surface area contributed by atoms with Gasteiger partial charge in [0.15, 0.2) is 11.6 Å². The van der Waals surface area contributed by atoms with Crippen LogP contribution < -0.4 is 9.47 Å². The van der Waals surface area contributed by atoms with Crippen LogP contribution in [0.1, 0.15) is 85.0 Å². The van der Waals surface area contributed by atoms with Gasteiger partial charge in [-0.05, 0) is 49.4 Å². The zero-order chi connectivity index (χ0) is 28.8. The second kappa shape index (κ2) is 16.0. The van der Waals surface area contributed by atoms with E-state index in [1.54, 1.807) is 0 Å². The minimum Gasteiger partial charge on any atom is -0.491 e. The Labute approximate surface area is 237 Å². The number of rotatable bonds is 17. The summed E-state index contributed by atoms with van der Waals surface area (Å²) in [6.07, 6.45) is 10.4. The van der Waals surface area contributed by atoms with Crippen LogP contribution in [0.4, 0.5) is 8.78 Å². The van der Waals surface area contributed by atoms with Gasteiger partial charge in [0.05, 0.1) is 12.4 Å². The van der Waals surface area contributed by atoms with Gasteiger partial charge in [0.25, 0.3) is 0 Å². The molecule has 0 saturated carbocycles. The summed E-state index contributed by atoms with van der Waals surface area (Å²) in [5, 5.41) is 0. The van der Waals surface area contributed by atoms with Gasteiger partial charge in [-0.25, -0.2) is 23.5 Å². The van der Waals surface area contributed by atoms with E-state index in [2.05, 4.69) is 16.9 Å². The third-order valence-corrected chi connectivity index (χ3v) is 6.90. The molecular formula is C33H42F2N2O3. The van der Waals surface area contributed by atoms with Crippen LogP contribution in [0.3, 0.4) is 0 Å². The van der Waals surface area contributed by atoms with E-state index in [1.807, 2.05) is 55.5 Å². The Balaban J connectivity index is 1.51. The number of benzene rings is 2. The maximum Gasteiger partial charge on any atom is 0.349 e. The number of ether oxygens (including phenoxy) is 2. The van der Waals surface area contributed by atoms with Crippen molar-refractivity contribution in [2.75, 3.05) is 6.61 Å². The number of esters is 1. The molecule has 0 N–H and O–H groups in total. The van der Waals surface area contributed by atoms with Gasteiger partial charge in [-0.2, -0.15) is 0 Å². The summed E-state index contributed by atoms with van der Waals surface area (Å²) < 4.78 is 39.5. The van der Waals surface area contributed by atoms with Crippen molar-refractivity contribution < 1.29 is 23.0 Å². The molecule has 0 unspecified atom stereocenters. The van der Waals surface area contributed by atoms with E-state index >= 15 is 0 Å². The topological polar surface area (TPSA) is 61.3 Å². The van der Waals surface area contributed by atoms with Crippen LogP contribution in [0.2, 0.25) is 0 Å². The number of carbonyl (C=O) groups excluding carboxylic acids is 1. The molecule has 0 spiro atoms. The maximum absolute atomic E-state index is 14.9. The van der Waals surface area contributed by atoms with Crippen LogP contribution in [0.15, 0.2) is 60.9 Å². The number of nitrogens with zero attached hydrogens (tertiary/aromatic N) is 2. The first kappa shape index (κ1) is 31.2. The lowest BCUT2D eigenvalue weighted by molar-refractivity contribution is -0.147. The van der Waals surface area contributed by atoms with Crippen molar-refractivity contribution in [2.45, 2.75) is 96.8 Å². The molecule has 1 aromatic heterocycles. The maximum atomic E-state index is 14.9. The Morgan fingerprint density at radius 1 is 0.800 bits per heavy atom. The molecule has 216 valence electrons. The average Bonchev–Trinajstić information content (AvgIpc) is 2.97. The normalized spacial score (nSPS) is 13.4. The lowest BCUT2D eigenvalue weighted by Gasteiger charge is -2.18. The summed E-state index contributed by atoms with van der Waals surface area (Å²) >= 11 is 0. The van der Waals surface area contributed by atoms with Gasteiger partial charge in [-0.3, -0.25) is 0 Å². The van der Waals surface area contributed by atoms with Crippen molar-refractivity contribution in [2.24, 2.45) is 0 Å². The molecule has 0 saturated heterocycles. The van der Waals surface area contributed by atoms with Gasteiger partial charge in [0.1, 0.15) is 18.5 Å². The van der Waals surface area contributed by atoms with E-state index in [-0.39, 0.29) is 18.8 Å². The molecule has 0 aliphatic rings. The molecule has 0 bridgehead atoms. The molecule has 2 atom stereocenters. The highest BCUT2D eigenvalue weighted by molar-refractivity contribution is 5.81. The smallest absolute Gasteiger partial charge is 0.349 e. The van der Waals surface area contributed by atoms with Crippen molar-refractivity contribution in [1.82, 2.24) is 9.97 Å². The molecule has 0 amide bonds. The van der Waals surface area contributed by atoms with E-state index in [0.29, 0.717) is 24.4 Å². The number of hydrogen-bond donors (Lipinski definition) is 0. The first-order chi connectivity index (χ1) is 19.3. The fourth-order valence-corrected chi connectivity index (χ4v) is 4.32. The van der Waals surface area contributed by atoms with Crippen molar-refractivity contribution in [3.05, 3.63) is 60.9 Å². The van der Waals surface area contributed by atoms with Crippen LogP contribution >= 0.6 is 0 Å². The lowest BCUT2D eigenvalue weighted by Crippen LogP contribution is -2.34. The third kappa shape index (κ3) is 10.00. The van der Waals surface area contributed by atoms with E-state index in [9.17, 15) is 13.6 Å². The number of alkyl halides is 2. The van der Waals surface area contributed by atoms with Gasteiger partial charge in [-0.1, -0.05) is 95.2 Å². The highest BCUT2D eigenvalue weighted by atomic mass is 19.1. The molecule has 40 heavy (non-hydrogen) atoms. The molecule has 3 rings (SSSR count). The van der Waals surface area contributed by atoms with Gasteiger partial charge in [0, 0.05) is 5.56 Å². The number of aromatic nitrogens is 2. The number of halogens is 2. The van der Waals surface area contributed by atoms with Gasteiger partial charge < -0.3 is 9.47 Å². The fourth-order valence-electron chi connectivity index (χ4n) is 4.32. The number of hydrogen-bond acceptors (Lipinski definition) is 5. The largest absolute Gasteiger partial charge is 0.491 e. The van der Waals surface area contributed by atoms with Crippen LogP contribution in [-0.4, -0.2) is 34.4 Å². The Bertz CT molecular complexity index is 1150. The highest BCUT2D eigenvalue weighted by Crippen LogP contribution is 2.27. The quantitative estimate of drug-likeness (QED) is 0.123. The fraction of sp³-hybridized carbons (Fsp3) is 0.485. The summed E-state index contributed by atoms with van der Waals surface area (Å²) in [5.74, 6) is 0.307. The molecule has 0 aliphatic heterocycles. The Morgan fingerprint density at radius 3 is 1.98 bits per heavy atom. The van der Waals surface area contributed by atoms with Crippen molar-refractivity contribution in [3.63, 3.8) is 0 Å². The summed E-state index contributed by atoms with van der Waals surface area (Å²) in [6.45, 7) is 5.54. The zero-order valence-corrected chi connectivity index (χ0v) is 24.0. The van der Waals surface area contributed by atoms with Crippen LogP contribution in [-0.2, 0) is 4.79 Å². The zero-order valence-electron chi connectivity index (χ0n) is 24.0. The summed E-state index contributed by atoms with van der Waals surface area (Å²) in [4.78, 5) is 21.0. The summed E-state index contributed by atoms with van der Waals surface area (Å²) in [5.41, 5.74) is 0.745. The van der Waals surface area contributed by atoms with Gasteiger partial charge in [0.2, 0.25) is 5.67 Å². The second-order valence-corrected chi connectivity index (χ2v) is 10.5. The average molecular weight is 553 g/mol. The molecule has 3 aromatic rings. The Morgan fingerprint density at radius 2 is 1.35 bits per heavy atom. The Kier molecular flexibility index (Phi) is 12.5. The van der Waals surface area contributed by atoms with E-state index in [4.69, 9.17) is 9.47 Å². The minimum atomic E-state index is -2.05. The second-order valence-electron chi connectivity index (χ2n) is 10.5. The van der Waals surface area contributed by atoms with Gasteiger partial charge in [-0.15, -0.1) is 0 Å². The predicted molar refractivity (Wildman–Crippen MR) is 156 cm³/mol. The molecule has 7 heteroatoms. The van der Waals surface area contributed by atoms with Crippen molar-refractivity contribution >= 4 is 5.97 Å². The first-order valence-electron chi connectivity index (χ1n) is 14.5. The van der Waals surface area contributed by atoms with E-state index < -0.39 is 17.8 Å². The Hall–Kier alpha value is -3.35. The minimum absolute atomic E-state index is 0.0678. The molecular weight excluding hydrogens is 510 g/mol. The van der Waals surface area contributed by atoms with Crippen LogP contribution in [0, 0.1) is 0 Å². The van der Waals surface area contributed by atoms with E-state index in [1.165, 1.54) is 25.7 Å². The molecule has 0 aliphatic carbocycles. The molecule has 1 heterocycles. The molecule has 2 aromatic carbocycles. The van der Waals surface area contributed by atoms with Gasteiger partial charge >= 0.3 is 5.97 Å². The summed E-state index contributed by atoms with van der Waals surface area (Å²) in [7, 11) is 0. The third-order valence-electron chi connectivity index (χ3n) is 6.90. The SMILES string of the molecule is CCCCCCCC[C@](C)(F)C(=O)Oc1cnc(-c2ccc(-c3ccc(OC[C@@H](F)CCCC)cc3)cc2)nc1. The highest BCUT2D eigenvalue weighted by Gasteiger charge is 2.34. The molecule has 5 nitrogen and oxygen atoms in total. The number of carbonyl (C=O) groups is 1. The van der Waals surface area contributed by atoms with E-state index in [0.717, 1.165) is 55.2 Å². The van der Waals surface area contributed by atoms with Crippen LogP contribution in [0.5, 0.6) is 11.5 Å². The first-order valence-corrected chi connectivity index (χ1v) is 14.5. The van der Waals surface area contributed by atoms with Crippen LogP contribution in [0.25, 0.3) is 22.5 Å². The number of unbranched alkanes of at least 4 members (excludes halogenated alkanes) is 6. The molecule has 0 radical (unpaired) electrons.